The minimum Gasteiger partial charge on any atom is -0.253 e. The van der Waals surface area contributed by atoms with Crippen LogP contribution < -0.4 is 10.7 Å². The van der Waals surface area contributed by atoms with Gasteiger partial charge in [0, 0.05) is 12.4 Å². The summed E-state index contributed by atoms with van der Waals surface area (Å²) in [5.74, 6) is 0. The molecule has 1 aromatic rings. The van der Waals surface area contributed by atoms with Crippen LogP contribution >= 0.6 is 0 Å². The van der Waals surface area contributed by atoms with Crippen LogP contribution in [0.2, 0.25) is 0 Å². The van der Waals surface area contributed by atoms with Crippen molar-refractivity contribution in [2.24, 2.45) is 0 Å². The predicted molar refractivity (Wildman–Crippen MR) is 44.0 cm³/mol. The van der Waals surface area contributed by atoms with E-state index in [0.717, 1.165) is 17.1 Å². The Morgan fingerprint density at radius 3 is 2.82 bits per heavy atom. The molecule has 0 bridgehead atoms. The number of hydrogen-bond acceptors (Lipinski definition) is 2. The number of aromatic nitrogens is 2. The first kappa shape index (κ1) is 6.28. The standard InChI is InChI=1S/C9H8N2/c1-2-4-8-9(5-3-1)11-7-6-10-8/h1-2,4-7H,3H2. The highest BCUT2D eigenvalue weighted by atomic mass is 14.8. The van der Waals surface area contributed by atoms with Crippen LogP contribution in [-0.2, 0) is 0 Å². The van der Waals surface area contributed by atoms with E-state index in [0.29, 0.717) is 0 Å². The molecule has 1 aliphatic rings. The molecule has 0 aromatic carbocycles. The molecule has 0 atom stereocenters. The van der Waals surface area contributed by atoms with Crippen LogP contribution in [0.3, 0.4) is 0 Å². The third-order valence-electron chi connectivity index (χ3n) is 1.59. The molecule has 0 amide bonds. The van der Waals surface area contributed by atoms with Crippen molar-refractivity contribution in [2.45, 2.75) is 6.42 Å². The van der Waals surface area contributed by atoms with Crippen LogP contribution in [0, 0.1) is 0 Å². The first-order valence-corrected chi connectivity index (χ1v) is 3.61. The van der Waals surface area contributed by atoms with E-state index < -0.39 is 0 Å². The van der Waals surface area contributed by atoms with Crippen molar-refractivity contribution in [3.63, 3.8) is 0 Å². The second-order valence-electron chi connectivity index (χ2n) is 2.36. The van der Waals surface area contributed by atoms with Gasteiger partial charge in [-0.2, -0.15) is 0 Å². The van der Waals surface area contributed by atoms with E-state index in [4.69, 9.17) is 0 Å². The minimum absolute atomic E-state index is 0.947. The number of hydrogen-bond donors (Lipinski definition) is 0. The van der Waals surface area contributed by atoms with Gasteiger partial charge in [0.15, 0.2) is 0 Å². The Morgan fingerprint density at radius 1 is 1.09 bits per heavy atom. The average molecular weight is 144 g/mol. The molecule has 0 spiro atoms. The van der Waals surface area contributed by atoms with Gasteiger partial charge in [0.05, 0.1) is 10.7 Å². The molecule has 0 aliphatic heterocycles. The Kier molecular flexibility index (Phi) is 1.52. The number of fused-ring (bicyclic) bond motifs is 1. The summed E-state index contributed by atoms with van der Waals surface area (Å²) in [6, 6.07) is 0. The summed E-state index contributed by atoms with van der Waals surface area (Å²) < 4.78 is 0. The Morgan fingerprint density at radius 2 is 1.91 bits per heavy atom. The molecule has 0 saturated heterocycles. The second kappa shape index (κ2) is 2.66. The zero-order valence-corrected chi connectivity index (χ0v) is 6.07. The van der Waals surface area contributed by atoms with E-state index in [1.54, 1.807) is 12.4 Å². The van der Waals surface area contributed by atoms with E-state index in [1.165, 1.54) is 0 Å². The van der Waals surface area contributed by atoms with Gasteiger partial charge in [0.25, 0.3) is 0 Å². The predicted octanol–water partition coefficient (Wildman–Crippen LogP) is -0.00250. The molecule has 0 unspecified atom stereocenters. The van der Waals surface area contributed by atoms with Gasteiger partial charge >= 0.3 is 0 Å². The first-order chi connectivity index (χ1) is 5.47. The van der Waals surface area contributed by atoms with Gasteiger partial charge in [-0.05, 0) is 12.5 Å². The Labute approximate surface area is 64.6 Å². The fourth-order valence-electron chi connectivity index (χ4n) is 1.06. The molecule has 0 radical (unpaired) electrons. The van der Waals surface area contributed by atoms with Gasteiger partial charge in [-0.1, -0.05) is 18.2 Å². The van der Waals surface area contributed by atoms with Crippen molar-refractivity contribution < 1.29 is 0 Å². The van der Waals surface area contributed by atoms with Gasteiger partial charge < -0.3 is 0 Å². The third-order valence-corrected chi connectivity index (χ3v) is 1.59. The van der Waals surface area contributed by atoms with E-state index in [-0.39, 0.29) is 0 Å². The molecule has 11 heavy (non-hydrogen) atoms. The molecule has 1 aliphatic carbocycles. The molecule has 0 N–H and O–H groups in total. The van der Waals surface area contributed by atoms with E-state index >= 15 is 0 Å². The molecule has 1 aromatic heterocycles. The molecular weight excluding hydrogens is 136 g/mol. The Hall–Kier alpha value is -1.44. The van der Waals surface area contributed by atoms with Crippen LogP contribution in [0.4, 0.5) is 0 Å². The Bertz CT molecular complexity index is 390. The smallest absolute Gasteiger partial charge is 0.0883 e. The van der Waals surface area contributed by atoms with Crippen molar-refractivity contribution in [1.29, 1.82) is 0 Å². The quantitative estimate of drug-likeness (QED) is 0.512. The van der Waals surface area contributed by atoms with Gasteiger partial charge in [0.2, 0.25) is 0 Å². The van der Waals surface area contributed by atoms with Gasteiger partial charge in [0.1, 0.15) is 0 Å². The zero-order valence-electron chi connectivity index (χ0n) is 6.07. The lowest BCUT2D eigenvalue weighted by Crippen LogP contribution is -2.29. The van der Waals surface area contributed by atoms with E-state index in [2.05, 4.69) is 22.1 Å². The average Bonchev–Trinajstić information content (AvgIpc) is 2.28. The summed E-state index contributed by atoms with van der Waals surface area (Å²) >= 11 is 0. The SMILES string of the molecule is C1=CCC=c2nccnc2=C1. The van der Waals surface area contributed by atoms with Gasteiger partial charge in [-0.25, -0.2) is 0 Å². The van der Waals surface area contributed by atoms with Crippen molar-refractivity contribution in [2.75, 3.05) is 0 Å². The van der Waals surface area contributed by atoms with Crippen molar-refractivity contribution in [3.8, 4) is 0 Å². The number of allylic oxidation sites excluding steroid dienone is 2. The highest BCUT2D eigenvalue weighted by Crippen LogP contribution is 1.85. The Balaban J connectivity index is 2.81. The van der Waals surface area contributed by atoms with Crippen LogP contribution in [0.5, 0.6) is 0 Å². The molecule has 0 saturated carbocycles. The minimum atomic E-state index is 0.947. The third kappa shape index (κ3) is 1.19. The largest absolute Gasteiger partial charge is 0.253 e. The maximum atomic E-state index is 4.19. The lowest BCUT2D eigenvalue weighted by Gasteiger charge is -1.84. The summed E-state index contributed by atoms with van der Waals surface area (Å²) in [5, 5.41) is 1.94. The van der Waals surface area contributed by atoms with Gasteiger partial charge in [-0.3, -0.25) is 9.97 Å². The van der Waals surface area contributed by atoms with Gasteiger partial charge in [-0.15, -0.1) is 0 Å². The highest BCUT2D eigenvalue weighted by Gasteiger charge is 1.86. The number of nitrogens with zero attached hydrogens (tertiary/aromatic N) is 2. The fourth-order valence-corrected chi connectivity index (χ4v) is 1.06. The molecule has 2 rings (SSSR count). The van der Waals surface area contributed by atoms with Crippen molar-refractivity contribution >= 4 is 12.2 Å². The van der Waals surface area contributed by atoms with E-state index in [1.807, 2.05) is 12.2 Å². The zero-order chi connectivity index (χ0) is 7.52. The van der Waals surface area contributed by atoms with E-state index in [9.17, 15) is 0 Å². The van der Waals surface area contributed by atoms with Crippen LogP contribution in [-0.4, -0.2) is 9.97 Å². The van der Waals surface area contributed by atoms with Crippen LogP contribution in [0.15, 0.2) is 24.5 Å². The first-order valence-electron chi connectivity index (χ1n) is 3.61. The maximum Gasteiger partial charge on any atom is 0.0883 e. The summed E-state index contributed by atoms with van der Waals surface area (Å²) in [5.41, 5.74) is 0. The molecule has 0 fully saturated rings. The molecule has 54 valence electrons. The summed E-state index contributed by atoms with van der Waals surface area (Å²) in [6.07, 6.45) is 12.5. The van der Waals surface area contributed by atoms with Crippen molar-refractivity contribution in [1.82, 2.24) is 9.97 Å². The maximum absolute atomic E-state index is 4.19. The van der Waals surface area contributed by atoms with Crippen LogP contribution in [0.25, 0.3) is 12.2 Å². The fraction of sp³-hybridized carbons (Fsp3) is 0.111. The molecule has 2 nitrogen and oxygen atoms in total. The topological polar surface area (TPSA) is 25.8 Å². The molecule has 1 heterocycles. The van der Waals surface area contributed by atoms with Crippen LogP contribution in [0.1, 0.15) is 6.42 Å². The monoisotopic (exact) mass is 144 g/mol. The molecule has 2 heteroatoms. The summed E-state index contributed by atoms with van der Waals surface area (Å²) in [7, 11) is 0. The van der Waals surface area contributed by atoms with Crippen molar-refractivity contribution in [3.05, 3.63) is 35.2 Å². The normalized spacial score (nSPS) is 14.2. The lowest BCUT2D eigenvalue weighted by atomic mass is 10.4. The lowest BCUT2D eigenvalue weighted by molar-refractivity contribution is 1.09. The number of rotatable bonds is 0. The summed E-state index contributed by atoms with van der Waals surface area (Å²) in [6.45, 7) is 0. The summed E-state index contributed by atoms with van der Waals surface area (Å²) in [4.78, 5) is 8.37. The second-order valence-corrected chi connectivity index (χ2v) is 2.36. The highest BCUT2D eigenvalue weighted by molar-refractivity contribution is 5.40. The molecular formula is C9H8N2.